The largest absolute Gasteiger partial charge is 0.496 e. The summed E-state index contributed by atoms with van der Waals surface area (Å²) in [6.45, 7) is 0.811. The van der Waals surface area contributed by atoms with Crippen molar-refractivity contribution in [2.75, 3.05) is 19.4 Å². The topological polar surface area (TPSA) is 55.6 Å². The SMILES string of the molecule is COc1ccccc1C1CCCN1C(=O)CCc1ccccc1N. The molecule has 1 amide bonds. The average Bonchev–Trinajstić information content (AvgIpc) is 3.10. The van der Waals surface area contributed by atoms with Gasteiger partial charge in [0.05, 0.1) is 13.2 Å². The molecule has 4 nitrogen and oxygen atoms in total. The van der Waals surface area contributed by atoms with Crippen LogP contribution in [-0.2, 0) is 11.2 Å². The summed E-state index contributed by atoms with van der Waals surface area (Å²) in [5.74, 6) is 1.04. The summed E-state index contributed by atoms with van der Waals surface area (Å²) in [7, 11) is 1.68. The lowest BCUT2D eigenvalue weighted by atomic mass is 10.0. The van der Waals surface area contributed by atoms with Gasteiger partial charge in [-0.3, -0.25) is 4.79 Å². The first-order valence-corrected chi connectivity index (χ1v) is 8.46. The molecule has 1 saturated heterocycles. The number of hydrogen-bond donors (Lipinski definition) is 1. The molecule has 4 heteroatoms. The smallest absolute Gasteiger partial charge is 0.223 e. The zero-order valence-electron chi connectivity index (χ0n) is 14.1. The number of hydrogen-bond acceptors (Lipinski definition) is 3. The van der Waals surface area contributed by atoms with Crippen LogP contribution < -0.4 is 10.5 Å². The van der Waals surface area contributed by atoms with Gasteiger partial charge < -0.3 is 15.4 Å². The number of rotatable bonds is 5. The van der Waals surface area contributed by atoms with E-state index in [0.717, 1.165) is 42.0 Å². The van der Waals surface area contributed by atoms with Crippen LogP contribution in [0.2, 0.25) is 0 Å². The highest BCUT2D eigenvalue weighted by Crippen LogP contribution is 2.37. The number of nitrogen functional groups attached to an aromatic ring is 1. The van der Waals surface area contributed by atoms with E-state index in [1.165, 1.54) is 0 Å². The summed E-state index contributed by atoms with van der Waals surface area (Å²) in [5.41, 5.74) is 8.88. The third-order valence-corrected chi connectivity index (χ3v) is 4.73. The van der Waals surface area contributed by atoms with Gasteiger partial charge >= 0.3 is 0 Å². The fourth-order valence-corrected chi connectivity index (χ4v) is 3.48. The van der Waals surface area contributed by atoms with Crippen LogP contribution in [0.1, 0.15) is 36.4 Å². The molecule has 0 spiro atoms. The highest BCUT2D eigenvalue weighted by Gasteiger charge is 2.31. The standard InChI is InChI=1S/C20H24N2O2/c1-24-19-11-5-3-8-16(19)18-10-6-14-22(18)20(23)13-12-15-7-2-4-9-17(15)21/h2-5,7-9,11,18H,6,10,12-14,21H2,1H3. The third-order valence-electron chi connectivity index (χ3n) is 4.73. The lowest BCUT2D eigenvalue weighted by molar-refractivity contribution is -0.132. The fraction of sp³-hybridized carbons (Fsp3) is 0.350. The van der Waals surface area contributed by atoms with Crippen molar-refractivity contribution in [1.82, 2.24) is 4.90 Å². The molecule has 0 aliphatic carbocycles. The number of nitrogens with zero attached hydrogens (tertiary/aromatic N) is 1. The van der Waals surface area contributed by atoms with Crippen LogP contribution in [0.3, 0.4) is 0 Å². The van der Waals surface area contributed by atoms with Crippen molar-refractivity contribution in [3.05, 3.63) is 59.7 Å². The van der Waals surface area contributed by atoms with Crippen molar-refractivity contribution in [2.24, 2.45) is 0 Å². The Bertz CT molecular complexity index is 714. The van der Waals surface area contributed by atoms with Crippen LogP contribution in [0.4, 0.5) is 5.69 Å². The predicted octanol–water partition coefficient (Wildman–Crippen LogP) is 3.57. The van der Waals surface area contributed by atoms with Gasteiger partial charge in [-0.15, -0.1) is 0 Å². The molecule has 1 atom stereocenters. The maximum atomic E-state index is 12.8. The number of para-hydroxylation sites is 2. The minimum Gasteiger partial charge on any atom is -0.496 e. The Morgan fingerprint density at radius 2 is 1.96 bits per heavy atom. The van der Waals surface area contributed by atoms with Crippen molar-refractivity contribution in [3.8, 4) is 5.75 Å². The Morgan fingerprint density at radius 1 is 1.21 bits per heavy atom. The molecule has 1 unspecified atom stereocenters. The second kappa shape index (κ2) is 7.39. The van der Waals surface area contributed by atoms with Gasteiger partial charge in [0.15, 0.2) is 0 Å². The maximum Gasteiger partial charge on any atom is 0.223 e. The highest BCUT2D eigenvalue weighted by atomic mass is 16.5. The molecule has 2 N–H and O–H groups in total. The summed E-state index contributed by atoms with van der Waals surface area (Å²) < 4.78 is 5.48. The number of benzene rings is 2. The number of ether oxygens (including phenoxy) is 1. The number of amides is 1. The average molecular weight is 324 g/mol. The number of carbonyl (C=O) groups excluding carboxylic acids is 1. The molecule has 2 aromatic carbocycles. The van der Waals surface area contributed by atoms with Gasteiger partial charge in [0.25, 0.3) is 0 Å². The van der Waals surface area contributed by atoms with Crippen LogP contribution in [-0.4, -0.2) is 24.5 Å². The van der Waals surface area contributed by atoms with Crippen LogP contribution >= 0.6 is 0 Å². The van der Waals surface area contributed by atoms with E-state index in [0.29, 0.717) is 12.8 Å². The summed E-state index contributed by atoms with van der Waals surface area (Å²) in [4.78, 5) is 14.8. The summed E-state index contributed by atoms with van der Waals surface area (Å²) in [6.07, 6.45) is 3.18. The van der Waals surface area contributed by atoms with Gasteiger partial charge in [0, 0.05) is 24.2 Å². The number of likely N-dealkylation sites (tertiary alicyclic amines) is 1. The molecule has 24 heavy (non-hydrogen) atoms. The number of anilines is 1. The Morgan fingerprint density at radius 3 is 2.75 bits per heavy atom. The molecule has 1 heterocycles. The van der Waals surface area contributed by atoms with Gasteiger partial charge in [-0.05, 0) is 37.0 Å². The molecule has 1 fully saturated rings. The second-order valence-corrected chi connectivity index (χ2v) is 6.19. The van der Waals surface area contributed by atoms with E-state index >= 15 is 0 Å². The minimum absolute atomic E-state index is 0.113. The van der Waals surface area contributed by atoms with E-state index in [-0.39, 0.29) is 11.9 Å². The fourth-order valence-electron chi connectivity index (χ4n) is 3.48. The first-order valence-electron chi connectivity index (χ1n) is 8.46. The van der Waals surface area contributed by atoms with Crippen LogP contribution in [0.5, 0.6) is 5.75 Å². The molecule has 0 saturated carbocycles. The summed E-state index contributed by atoms with van der Waals surface area (Å²) >= 11 is 0. The zero-order valence-corrected chi connectivity index (χ0v) is 14.1. The lowest BCUT2D eigenvalue weighted by Gasteiger charge is -2.26. The molecular formula is C20H24N2O2. The van der Waals surface area contributed by atoms with Crippen LogP contribution in [0.25, 0.3) is 0 Å². The number of nitrogens with two attached hydrogens (primary N) is 1. The van der Waals surface area contributed by atoms with E-state index in [4.69, 9.17) is 10.5 Å². The monoisotopic (exact) mass is 324 g/mol. The van der Waals surface area contributed by atoms with Gasteiger partial charge in [0.2, 0.25) is 5.91 Å². The molecular weight excluding hydrogens is 300 g/mol. The van der Waals surface area contributed by atoms with Crippen molar-refractivity contribution in [1.29, 1.82) is 0 Å². The Labute approximate surface area is 143 Å². The van der Waals surface area contributed by atoms with Gasteiger partial charge in [0.1, 0.15) is 5.75 Å². The summed E-state index contributed by atoms with van der Waals surface area (Å²) in [5, 5.41) is 0. The number of methoxy groups -OCH3 is 1. The lowest BCUT2D eigenvalue weighted by Crippen LogP contribution is -2.31. The molecule has 2 aromatic rings. The normalized spacial score (nSPS) is 17.0. The van der Waals surface area contributed by atoms with Crippen LogP contribution in [0.15, 0.2) is 48.5 Å². The second-order valence-electron chi connectivity index (χ2n) is 6.19. The van der Waals surface area contributed by atoms with E-state index in [1.807, 2.05) is 47.4 Å². The van der Waals surface area contributed by atoms with Crippen LogP contribution in [0, 0.1) is 0 Å². The van der Waals surface area contributed by atoms with Crippen molar-refractivity contribution >= 4 is 11.6 Å². The minimum atomic E-state index is 0.113. The van der Waals surface area contributed by atoms with Gasteiger partial charge in [-0.1, -0.05) is 36.4 Å². The highest BCUT2D eigenvalue weighted by molar-refractivity contribution is 5.77. The quantitative estimate of drug-likeness (QED) is 0.855. The molecule has 126 valence electrons. The molecule has 0 aromatic heterocycles. The zero-order chi connectivity index (χ0) is 16.9. The third kappa shape index (κ3) is 3.37. The van der Waals surface area contributed by atoms with E-state index in [9.17, 15) is 4.79 Å². The Balaban J connectivity index is 1.71. The number of aryl methyl sites for hydroxylation is 1. The summed E-state index contributed by atoms with van der Waals surface area (Å²) in [6, 6.07) is 15.8. The van der Waals surface area contributed by atoms with Crippen molar-refractivity contribution in [3.63, 3.8) is 0 Å². The Kier molecular flexibility index (Phi) is 5.04. The molecule has 0 bridgehead atoms. The van der Waals surface area contributed by atoms with E-state index in [2.05, 4.69) is 6.07 Å². The van der Waals surface area contributed by atoms with E-state index in [1.54, 1.807) is 7.11 Å². The predicted molar refractivity (Wildman–Crippen MR) is 95.9 cm³/mol. The van der Waals surface area contributed by atoms with Crippen molar-refractivity contribution < 1.29 is 9.53 Å². The Hall–Kier alpha value is -2.49. The molecule has 1 aliphatic heterocycles. The molecule has 3 rings (SSSR count). The molecule has 0 radical (unpaired) electrons. The maximum absolute atomic E-state index is 12.8. The van der Waals surface area contributed by atoms with Gasteiger partial charge in [-0.2, -0.15) is 0 Å². The van der Waals surface area contributed by atoms with Crippen molar-refractivity contribution in [2.45, 2.75) is 31.7 Å². The molecule has 1 aliphatic rings. The first kappa shape index (κ1) is 16.4. The first-order chi connectivity index (χ1) is 11.7. The van der Waals surface area contributed by atoms with E-state index < -0.39 is 0 Å². The van der Waals surface area contributed by atoms with Gasteiger partial charge in [-0.25, -0.2) is 0 Å². The number of carbonyl (C=O) groups is 1.